The number of rotatable bonds is 4. The molecule has 2 rings (SSSR count). The molecular weight excluding hydrogens is 231 g/mol. The Morgan fingerprint density at radius 2 is 1.78 bits per heavy atom. The van der Waals surface area contributed by atoms with Crippen LogP contribution in [0.2, 0.25) is 0 Å². The van der Waals surface area contributed by atoms with E-state index in [0.717, 1.165) is 11.1 Å². The average molecular weight is 244 g/mol. The number of nitrogens with zero attached hydrogens (tertiary/aromatic N) is 1. The Hall–Kier alpha value is -2.23. The molecule has 0 atom stereocenters. The second-order valence-electron chi connectivity index (χ2n) is 4.11. The highest BCUT2D eigenvalue weighted by Gasteiger charge is 2.06. The van der Waals surface area contributed by atoms with E-state index in [1.165, 1.54) is 12.1 Å². The highest BCUT2D eigenvalue weighted by Crippen LogP contribution is 2.08. The smallest absolute Gasteiger partial charge is 0.141 e. The Morgan fingerprint density at radius 1 is 1.11 bits per heavy atom. The first-order valence-corrected chi connectivity index (χ1v) is 5.60. The second-order valence-corrected chi connectivity index (χ2v) is 4.11. The molecule has 2 N–H and O–H groups in total. The first-order valence-electron chi connectivity index (χ1n) is 5.60. The lowest BCUT2D eigenvalue weighted by Crippen LogP contribution is -2.07. The van der Waals surface area contributed by atoms with E-state index in [9.17, 15) is 9.18 Å². The van der Waals surface area contributed by atoms with Gasteiger partial charge in [0.1, 0.15) is 17.4 Å². The molecule has 0 bridgehead atoms. The van der Waals surface area contributed by atoms with Crippen LogP contribution in [-0.2, 0) is 17.6 Å². The van der Waals surface area contributed by atoms with Gasteiger partial charge in [0.2, 0.25) is 0 Å². The standard InChI is InChI=1S/C14H13FN2O/c15-12-3-1-10(2-4-12)7-13(18)8-11-5-6-17-14(16)9-11/h1-6,9H,7-8H2,(H2,16,17). The summed E-state index contributed by atoms with van der Waals surface area (Å²) in [7, 11) is 0. The molecule has 1 heterocycles. The first-order chi connectivity index (χ1) is 8.63. The summed E-state index contributed by atoms with van der Waals surface area (Å²) < 4.78 is 12.7. The van der Waals surface area contributed by atoms with Crippen molar-refractivity contribution < 1.29 is 9.18 Å². The van der Waals surface area contributed by atoms with E-state index in [0.29, 0.717) is 18.7 Å². The van der Waals surface area contributed by atoms with E-state index in [1.54, 1.807) is 30.5 Å². The number of hydrogen-bond donors (Lipinski definition) is 1. The summed E-state index contributed by atoms with van der Waals surface area (Å²) in [6.07, 6.45) is 2.18. The van der Waals surface area contributed by atoms with E-state index < -0.39 is 0 Å². The number of nitrogens with two attached hydrogens (primary N) is 1. The van der Waals surface area contributed by atoms with Crippen molar-refractivity contribution >= 4 is 11.6 Å². The molecule has 0 aliphatic rings. The Morgan fingerprint density at radius 3 is 2.44 bits per heavy atom. The topological polar surface area (TPSA) is 56.0 Å². The summed E-state index contributed by atoms with van der Waals surface area (Å²) in [4.78, 5) is 15.7. The van der Waals surface area contributed by atoms with Crippen LogP contribution in [-0.4, -0.2) is 10.8 Å². The molecule has 0 aliphatic carbocycles. The average Bonchev–Trinajstić information content (AvgIpc) is 2.32. The van der Waals surface area contributed by atoms with Crippen LogP contribution in [0.3, 0.4) is 0 Å². The van der Waals surface area contributed by atoms with Gasteiger partial charge < -0.3 is 5.73 Å². The van der Waals surface area contributed by atoms with Crippen molar-refractivity contribution in [2.75, 3.05) is 5.73 Å². The summed E-state index contributed by atoms with van der Waals surface area (Å²) in [5.74, 6) is 0.169. The van der Waals surface area contributed by atoms with Crippen LogP contribution in [0.15, 0.2) is 42.6 Å². The van der Waals surface area contributed by atoms with E-state index >= 15 is 0 Å². The van der Waals surface area contributed by atoms with Crippen LogP contribution in [0, 0.1) is 5.82 Å². The summed E-state index contributed by atoms with van der Waals surface area (Å²) in [5.41, 5.74) is 7.19. The lowest BCUT2D eigenvalue weighted by molar-refractivity contribution is -0.117. The molecule has 2 aromatic rings. The van der Waals surface area contributed by atoms with E-state index in [4.69, 9.17) is 5.73 Å². The SMILES string of the molecule is Nc1cc(CC(=O)Cc2ccc(F)cc2)ccn1. The number of halogens is 1. The summed E-state index contributed by atoms with van der Waals surface area (Å²) in [6.45, 7) is 0. The molecule has 0 saturated carbocycles. The van der Waals surface area contributed by atoms with Crippen molar-refractivity contribution in [3.05, 3.63) is 59.5 Å². The van der Waals surface area contributed by atoms with Gasteiger partial charge in [0.15, 0.2) is 0 Å². The molecule has 3 nitrogen and oxygen atoms in total. The minimum Gasteiger partial charge on any atom is -0.384 e. The van der Waals surface area contributed by atoms with Crippen LogP contribution in [0.5, 0.6) is 0 Å². The quantitative estimate of drug-likeness (QED) is 0.896. The van der Waals surface area contributed by atoms with Gasteiger partial charge in [0.05, 0.1) is 0 Å². The van der Waals surface area contributed by atoms with Gasteiger partial charge in [-0.3, -0.25) is 4.79 Å². The third-order valence-electron chi connectivity index (χ3n) is 2.56. The number of nitrogen functional groups attached to an aromatic ring is 1. The van der Waals surface area contributed by atoms with Gasteiger partial charge in [0.25, 0.3) is 0 Å². The lowest BCUT2D eigenvalue weighted by Gasteiger charge is -2.02. The zero-order valence-electron chi connectivity index (χ0n) is 9.77. The molecule has 18 heavy (non-hydrogen) atoms. The fourth-order valence-electron chi connectivity index (χ4n) is 1.72. The number of pyridine rings is 1. The van der Waals surface area contributed by atoms with Gasteiger partial charge in [0, 0.05) is 19.0 Å². The maximum absolute atomic E-state index is 12.7. The maximum atomic E-state index is 12.7. The van der Waals surface area contributed by atoms with Gasteiger partial charge in [-0.25, -0.2) is 9.37 Å². The van der Waals surface area contributed by atoms with Crippen molar-refractivity contribution in [1.29, 1.82) is 0 Å². The van der Waals surface area contributed by atoms with Gasteiger partial charge in [-0.05, 0) is 35.4 Å². The van der Waals surface area contributed by atoms with Crippen LogP contribution in [0.4, 0.5) is 10.2 Å². The fraction of sp³-hybridized carbons (Fsp3) is 0.143. The Bertz CT molecular complexity index is 552. The van der Waals surface area contributed by atoms with Gasteiger partial charge >= 0.3 is 0 Å². The molecule has 0 fully saturated rings. The molecule has 1 aromatic carbocycles. The monoisotopic (exact) mass is 244 g/mol. The van der Waals surface area contributed by atoms with Crippen LogP contribution >= 0.6 is 0 Å². The summed E-state index contributed by atoms with van der Waals surface area (Å²) in [5, 5.41) is 0. The van der Waals surface area contributed by atoms with Gasteiger partial charge in [-0.2, -0.15) is 0 Å². The number of Topliss-reactive ketones (excluding diaryl/α,β-unsaturated/α-hetero) is 1. The molecule has 0 amide bonds. The van der Waals surface area contributed by atoms with E-state index in [1.807, 2.05) is 0 Å². The number of hydrogen-bond acceptors (Lipinski definition) is 3. The number of carbonyl (C=O) groups excluding carboxylic acids is 1. The number of anilines is 1. The predicted molar refractivity (Wildman–Crippen MR) is 67.5 cm³/mol. The molecule has 0 radical (unpaired) electrons. The number of benzene rings is 1. The Balaban J connectivity index is 1.98. The first kappa shape index (κ1) is 12.2. The fourth-order valence-corrected chi connectivity index (χ4v) is 1.72. The van der Waals surface area contributed by atoms with Crippen LogP contribution in [0.1, 0.15) is 11.1 Å². The Kier molecular flexibility index (Phi) is 3.67. The molecule has 0 spiro atoms. The van der Waals surface area contributed by atoms with Crippen molar-refractivity contribution in [1.82, 2.24) is 4.98 Å². The van der Waals surface area contributed by atoms with E-state index in [2.05, 4.69) is 4.98 Å². The number of aromatic nitrogens is 1. The minimum atomic E-state index is -0.298. The maximum Gasteiger partial charge on any atom is 0.141 e. The molecule has 0 aliphatic heterocycles. The summed E-state index contributed by atoms with van der Waals surface area (Å²) >= 11 is 0. The molecule has 0 unspecified atom stereocenters. The molecule has 0 saturated heterocycles. The molecule has 92 valence electrons. The zero-order chi connectivity index (χ0) is 13.0. The Labute approximate surface area is 104 Å². The van der Waals surface area contributed by atoms with Crippen molar-refractivity contribution in [2.45, 2.75) is 12.8 Å². The lowest BCUT2D eigenvalue weighted by atomic mass is 10.0. The molecule has 1 aromatic heterocycles. The normalized spacial score (nSPS) is 10.3. The van der Waals surface area contributed by atoms with Gasteiger partial charge in [-0.15, -0.1) is 0 Å². The van der Waals surface area contributed by atoms with Crippen LogP contribution in [0.25, 0.3) is 0 Å². The predicted octanol–water partition coefficient (Wildman–Crippen LogP) is 2.16. The third kappa shape index (κ3) is 3.38. The highest BCUT2D eigenvalue weighted by atomic mass is 19.1. The highest BCUT2D eigenvalue weighted by molar-refractivity contribution is 5.83. The van der Waals surface area contributed by atoms with Crippen LogP contribution < -0.4 is 5.73 Å². The molecular formula is C14H13FN2O. The van der Waals surface area contributed by atoms with E-state index in [-0.39, 0.29) is 11.6 Å². The molecule has 4 heteroatoms. The largest absolute Gasteiger partial charge is 0.384 e. The van der Waals surface area contributed by atoms with Crippen molar-refractivity contribution in [3.8, 4) is 0 Å². The zero-order valence-corrected chi connectivity index (χ0v) is 9.77. The number of ketones is 1. The van der Waals surface area contributed by atoms with Crippen molar-refractivity contribution in [3.63, 3.8) is 0 Å². The number of carbonyl (C=O) groups is 1. The minimum absolute atomic E-state index is 0.0622. The van der Waals surface area contributed by atoms with Crippen molar-refractivity contribution in [2.24, 2.45) is 0 Å². The summed E-state index contributed by atoms with van der Waals surface area (Å²) in [6, 6.07) is 9.39. The second kappa shape index (κ2) is 5.40. The third-order valence-corrected chi connectivity index (χ3v) is 2.56. The van der Waals surface area contributed by atoms with Gasteiger partial charge in [-0.1, -0.05) is 12.1 Å².